The Labute approximate surface area is 150 Å². The zero-order chi connectivity index (χ0) is 19.1. The number of alkyl halides is 2. The maximum atomic E-state index is 13.4. The number of hydrogen-bond acceptors (Lipinski definition) is 3. The van der Waals surface area contributed by atoms with Crippen LogP contribution in [0.25, 0.3) is 0 Å². The highest BCUT2D eigenvalue weighted by atomic mass is 19.3. The molecule has 4 nitrogen and oxygen atoms in total. The summed E-state index contributed by atoms with van der Waals surface area (Å²) in [6.45, 7) is -0.758. The van der Waals surface area contributed by atoms with Gasteiger partial charge >= 0.3 is 6.61 Å². The van der Waals surface area contributed by atoms with E-state index in [1.807, 2.05) is 0 Å². The summed E-state index contributed by atoms with van der Waals surface area (Å²) in [5, 5.41) is 0. The fourth-order valence-corrected chi connectivity index (χ4v) is 2.56. The van der Waals surface area contributed by atoms with Gasteiger partial charge in [0.15, 0.2) is 0 Å². The molecule has 0 aliphatic carbocycles. The van der Waals surface area contributed by atoms with Gasteiger partial charge in [0.2, 0.25) is 0 Å². The first kappa shape index (κ1) is 19.8. The average Bonchev–Trinajstić information content (AvgIpc) is 2.59. The Morgan fingerprint density at radius 2 is 1.88 bits per heavy atom. The van der Waals surface area contributed by atoms with Crippen molar-refractivity contribution in [2.75, 3.05) is 13.7 Å². The topological polar surface area (TPSA) is 38.8 Å². The second-order valence-electron chi connectivity index (χ2n) is 5.77. The van der Waals surface area contributed by atoms with Crippen LogP contribution in [0.5, 0.6) is 5.75 Å². The first-order valence-corrected chi connectivity index (χ1v) is 8.00. The quantitative estimate of drug-likeness (QED) is 0.705. The van der Waals surface area contributed by atoms with Crippen LogP contribution in [0.3, 0.4) is 0 Å². The van der Waals surface area contributed by atoms with Crippen LogP contribution >= 0.6 is 0 Å². The summed E-state index contributed by atoms with van der Waals surface area (Å²) < 4.78 is 47.7. The Kier molecular flexibility index (Phi) is 7.03. The normalized spacial score (nSPS) is 12.1. The van der Waals surface area contributed by atoms with E-state index < -0.39 is 18.3 Å². The highest BCUT2D eigenvalue weighted by Crippen LogP contribution is 2.20. The fourth-order valence-electron chi connectivity index (χ4n) is 2.56. The molecule has 0 N–H and O–H groups in total. The molecule has 1 amide bonds. The van der Waals surface area contributed by atoms with E-state index in [9.17, 15) is 18.0 Å². The minimum absolute atomic E-state index is 0.101. The molecule has 1 atom stereocenters. The Morgan fingerprint density at radius 1 is 1.15 bits per heavy atom. The van der Waals surface area contributed by atoms with Gasteiger partial charge in [-0.05, 0) is 42.8 Å². The Bertz CT molecular complexity index is 739. The predicted octanol–water partition coefficient (Wildman–Crippen LogP) is 4.10. The molecule has 0 aliphatic rings. The summed E-state index contributed by atoms with van der Waals surface area (Å²) in [4.78, 5) is 14.4. The smallest absolute Gasteiger partial charge is 0.387 e. The van der Waals surface area contributed by atoms with Crippen molar-refractivity contribution in [3.8, 4) is 5.75 Å². The van der Waals surface area contributed by atoms with Gasteiger partial charge in [-0.15, -0.1) is 0 Å². The van der Waals surface area contributed by atoms with Gasteiger partial charge in [0.1, 0.15) is 11.6 Å². The van der Waals surface area contributed by atoms with Crippen molar-refractivity contribution in [1.82, 2.24) is 4.90 Å². The van der Waals surface area contributed by atoms with Crippen LogP contribution in [-0.2, 0) is 11.3 Å². The first-order valence-electron chi connectivity index (χ1n) is 8.00. The van der Waals surface area contributed by atoms with Crippen molar-refractivity contribution >= 4 is 5.91 Å². The van der Waals surface area contributed by atoms with Crippen LogP contribution in [-0.4, -0.2) is 37.2 Å². The molecule has 0 saturated carbocycles. The van der Waals surface area contributed by atoms with E-state index in [0.717, 1.165) is 0 Å². The van der Waals surface area contributed by atoms with E-state index in [-0.39, 0.29) is 30.5 Å². The number of amides is 1. The SMILES string of the molecule is COCC(C)N(Cc1cccc(F)c1)C(=O)c1cccc(OC(F)F)c1. The highest BCUT2D eigenvalue weighted by molar-refractivity contribution is 5.94. The number of hydrogen-bond donors (Lipinski definition) is 0. The number of ether oxygens (including phenoxy) is 2. The molecule has 0 spiro atoms. The lowest BCUT2D eigenvalue weighted by molar-refractivity contribution is -0.0499. The van der Waals surface area contributed by atoms with Crippen molar-refractivity contribution < 1.29 is 27.4 Å². The Morgan fingerprint density at radius 3 is 2.54 bits per heavy atom. The van der Waals surface area contributed by atoms with Gasteiger partial charge < -0.3 is 14.4 Å². The molecule has 7 heteroatoms. The summed E-state index contributed by atoms with van der Waals surface area (Å²) in [5.41, 5.74) is 0.809. The van der Waals surface area contributed by atoms with E-state index in [1.165, 1.54) is 48.4 Å². The van der Waals surface area contributed by atoms with Crippen molar-refractivity contribution in [3.63, 3.8) is 0 Å². The van der Waals surface area contributed by atoms with Crippen molar-refractivity contribution in [1.29, 1.82) is 0 Å². The molecular weight excluding hydrogens is 347 g/mol. The number of methoxy groups -OCH3 is 1. The summed E-state index contributed by atoms with van der Waals surface area (Å²) >= 11 is 0. The molecule has 140 valence electrons. The van der Waals surface area contributed by atoms with Gasteiger partial charge in [0.05, 0.1) is 12.6 Å². The molecule has 26 heavy (non-hydrogen) atoms. The molecule has 0 fully saturated rings. The van der Waals surface area contributed by atoms with Gasteiger partial charge in [-0.2, -0.15) is 8.78 Å². The van der Waals surface area contributed by atoms with E-state index in [4.69, 9.17) is 4.74 Å². The van der Waals surface area contributed by atoms with Gasteiger partial charge in [-0.3, -0.25) is 4.79 Å². The lowest BCUT2D eigenvalue weighted by atomic mass is 10.1. The molecule has 1 unspecified atom stereocenters. The van der Waals surface area contributed by atoms with Gasteiger partial charge in [0, 0.05) is 19.2 Å². The molecule has 0 saturated heterocycles. The lowest BCUT2D eigenvalue weighted by Crippen LogP contribution is -2.40. The largest absolute Gasteiger partial charge is 0.435 e. The minimum atomic E-state index is -2.98. The van der Waals surface area contributed by atoms with Gasteiger partial charge in [-0.1, -0.05) is 18.2 Å². The van der Waals surface area contributed by atoms with Crippen LogP contribution in [0.15, 0.2) is 48.5 Å². The third-order valence-corrected chi connectivity index (χ3v) is 3.75. The van der Waals surface area contributed by atoms with Crippen LogP contribution in [0, 0.1) is 5.82 Å². The number of rotatable bonds is 8. The second-order valence-corrected chi connectivity index (χ2v) is 5.77. The lowest BCUT2D eigenvalue weighted by Gasteiger charge is -2.29. The average molecular weight is 367 g/mol. The Balaban J connectivity index is 2.27. The maximum Gasteiger partial charge on any atom is 0.387 e. The van der Waals surface area contributed by atoms with Crippen LogP contribution in [0.2, 0.25) is 0 Å². The van der Waals surface area contributed by atoms with Gasteiger partial charge in [0.25, 0.3) is 5.91 Å². The molecule has 0 aromatic heterocycles. The summed E-state index contributed by atoms with van der Waals surface area (Å²) in [5.74, 6) is -0.892. The van der Waals surface area contributed by atoms with Gasteiger partial charge in [-0.25, -0.2) is 4.39 Å². The number of carbonyl (C=O) groups excluding carboxylic acids is 1. The standard InChI is InChI=1S/C19H20F3NO3/c1-13(12-25-2)23(11-14-5-3-7-16(20)9-14)18(24)15-6-4-8-17(10-15)26-19(21)22/h3-10,13,19H,11-12H2,1-2H3. The third-order valence-electron chi connectivity index (χ3n) is 3.75. The summed E-state index contributed by atoms with van der Waals surface area (Å²) in [6.07, 6.45) is 0. The van der Waals surface area contributed by atoms with E-state index in [0.29, 0.717) is 5.56 Å². The first-order chi connectivity index (χ1) is 12.4. The van der Waals surface area contributed by atoms with Crippen LogP contribution < -0.4 is 4.74 Å². The highest BCUT2D eigenvalue weighted by Gasteiger charge is 2.22. The molecule has 2 aromatic carbocycles. The minimum Gasteiger partial charge on any atom is -0.435 e. The zero-order valence-corrected chi connectivity index (χ0v) is 14.5. The molecular formula is C19H20F3NO3. The third kappa shape index (κ3) is 5.49. The molecule has 0 heterocycles. The van der Waals surface area contributed by atoms with Crippen molar-refractivity contribution in [2.45, 2.75) is 26.1 Å². The number of nitrogens with zero attached hydrogens (tertiary/aromatic N) is 1. The zero-order valence-electron chi connectivity index (χ0n) is 14.5. The Hall–Kier alpha value is -2.54. The monoisotopic (exact) mass is 367 g/mol. The molecule has 0 aliphatic heterocycles. The van der Waals surface area contributed by atoms with Crippen molar-refractivity contribution in [3.05, 3.63) is 65.5 Å². The maximum absolute atomic E-state index is 13.4. The summed E-state index contributed by atoms with van der Waals surface area (Å²) in [6, 6.07) is 11.2. The second kappa shape index (κ2) is 9.24. The van der Waals surface area contributed by atoms with E-state index in [2.05, 4.69) is 4.74 Å². The van der Waals surface area contributed by atoms with E-state index >= 15 is 0 Å². The fraction of sp³-hybridized carbons (Fsp3) is 0.316. The summed E-state index contributed by atoms with van der Waals surface area (Å²) in [7, 11) is 1.51. The molecule has 2 aromatic rings. The molecule has 0 bridgehead atoms. The predicted molar refractivity (Wildman–Crippen MR) is 90.7 cm³/mol. The molecule has 0 radical (unpaired) electrons. The molecule has 2 rings (SSSR count). The number of carbonyl (C=O) groups is 1. The van der Waals surface area contributed by atoms with Crippen LogP contribution in [0.4, 0.5) is 13.2 Å². The van der Waals surface area contributed by atoms with Crippen molar-refractivity contribution in [2.24, 2.45) is 0 Å². The number of halogens is 3. The van der Waals surface area contributed by atoms with E-state index in [1.54, 1.807) is 19.1 Å². The number of benzene rings is 2. The van der Waals surface area contributed by atoms with Crippen LogP contribution in [0.1, 0.15) is 22.8 Å².